The van der Waals surface area contributed by atoms with Crippen molar-refractivity contribution in [3.05, 3.63) is 58.6 Å². The average Bonchev–Trinajstić information content (AvgIpc) is 2.70. The van der Waals surface area contributed by atoms with E-state index < -0.39 is 0 Å². The van der Waals surface area contributed by atoms with Crippen molar-refractivity contribution >= 4 is 29.1 Å². The summed E-state index contributed by atoms with van der Waals surface area (Å²) in [5.74, 6) is 0.236. The van der Waals surface area contributed by atoms with Crippen molar-refractivity contribution in [3.8, 4) is 5.75 Å². The summed E-state index contributed by atoms with van der Waals surface area (Å²) in [4.78, 5) is 26.3. The molecule has 2 heterocycles. The number of amides is 2. The zero-order valence-electron chi connectivity index (χ0n) is 15.4. The first-order valence-corrected chi connectivity index (χ1v) is 9.79. The molecule has 7 heteroatoms. The number of carbonyl (C=O) groups is 2. The second kappa shape index (κ2) is 8.20. The molecular weight excluding hydrogens is 378 g/mol. The Kier molecular flexibility index (Phi) is 5.50. The largest absolute Gasteiger partial charge is 0.482 e. The van der Waals surface area contributed by atoms with Gasteiger partial charge in [-0.25, -0.2) is 0 Å². The lowest BCUT2D eigenvalue weighted by atomic mass is 10.0. The van der Waals surface area contributed by atoms with Crippen LogP contribution >= 0.6 is 11.6 Å². The molecule has 1 saturated heterocycles. The fourth-order valence-electron chi connectivity index (χ4n) is 3.57. The van der Waals surface area contributed by atoms with Gasteiger partial charge in [-0.2, -0.15) is 0 Å². The summed E-state index contributed by atoms with van der Waals surface area (Å²) in [5.41, 5.74) is 2.38. The standard InChI is InChI=1S/C21H22ClN3O3/c22-16-4-1-14(2-5-16)12-25-9-7-17(8-10-25)23-21(27)15-3-6-18-19(11-15)28-13-20(26)24-18/h1-6,11,17H,7-10,12-13H2,(H,23,27)(H,24,26). The molecule has 146 valence electrons. The van der Waals surface area contributed by atoms with E-state index in [1.165, 1.54) is 5.56 Å². The van der Waals surface area contributed by atoms with E-state index in [2.05, 4.69) is 27.7 Å². The van der Waals surface area contributed by atoms with E-state index >= 15 is 0 Å². The first kappa shape index (κ1) is 18.8. The number of fused-ring (bicyclic) bond motifs is 1. The van der Waals surface area contributed by atoms with Crippen LogP contribution in [0, 0.1) is 0 Å². The molecule has 0 atom stereocenters. The van der Waals surface area contributed by atoms with Gasteiger partial charge in [-0.3, -0.25) is 14.5 Å². The molecule has 2 amide bonds. The Balaban J connectivity index is 1.29. The highest BCUT2D eigenvalue weighted by atomic mass is 35.5. The van der Waals surface area contributed by atoms with Crippen LogP contribution in [0.2, 0.25) is 5.02 Å². The molecular formula is C21H22ClN3O3. The van der Waals surface area contributed by atoms with Crippen LogP contribution in [0.25, 0.3) is 0 Å². The second-order valence-corrected chi connectivity index (χ2v) is 7.63. The molecule has 1 fully saturated rings. The van der Waals surface area contributed by atoms with E-state index in [-0.39, 0.29) is 24.5 Å². The Labute approximate surface area is 168 Å². The van der Waals surface area contributed by atoms with Gasteiger partial charge in [-0.1, -0.05) is 23.7 Å². The van der Waals surface area contributed by atoms with E-state index in [1.807, 2.05) is 12.1 Å². The highest BCUT2D eigenvalue weighted by molar-refractivity contribution is 6.30. The number of halogens is 1. The van der Waals surface area contributed by atoms with Crippen LogP contribution in [0.3, 0.4) is 0 Å². The zero-order valence-corrected chi connectivity index (χ0v) is 16.2. The molecule has 0 radical (unpaired) electrons. The van der Waals surface area contributed by atoms with E-state index in [0.29, 0.717) is 17.0 Å². The minimum absolute atomic E-state index is 0.0237. The quantitative estimate of drug-likeness (QED) is 0.828. The number of piperidine rings is 1. The van der Waals surface area contributed by atoms with E-state index in [4.69, 9.17) is 16.3 Å². The Hall–Kier alpha value is -2.57. The molecule has 6 nitrogen and oxygen atoms in total. The highest BCUT2D eigenvalue weighted by Gasteiger charge is 2.23. The van der Waals surface area contributed by atoms with Crippen LogP contribution in [-0.2, 0) is 11.3 Å². The second-order valence-electron chi connectivity index (χ2n) is 7.20. The van der Waals surface area contributed by atoms with Crippen molar-refractivity contribution in [2.24, 2.45) is 0 Å². The lowest BCUT2D eigenvalue weighted by molar-refractivity contribution is -0.118. The predicted octanol–water partition coefficient (Wildman–Crippen LogP) is 3.07. The van der Waals surface area contributed by atoms with E-state index in [1.54, 1.807) is 18.2 Å². The third-order valence-electron chi connectivity index (χ3n) is 5.12. The monoisotopic (exact) mass is 399 g/mol. The molecule has 0 unspecified atom stereocenters. The number of rotatable bonds is 4. The van der Waals surface area contributed by atoms with Gasteiger partial charge in [0.05, 0.1) is 5.69 Å². The number of hydrogen-bond acceptors (Lipinski definition) is 4. The van der Waals surface area contributed by atoms with Crippen LogP contribution in [0.4, 0.5) is 5.69 Å². The molecule has 2 aliphatic heterocycles. The van der Waals surface area contributed by atoms with Gasteiger partial charge in [0.15, 0.2) is 6.61 Å². The number of benzene rings is 2. The molecule has 0 bridgehead atoms. The molecule has 0 spiro atoms. The van der Waals surface area contributed by atoms with Crippen molar-refractivity contribution in [1.82, 2.24) is 10.2 Å². The third kappa shape index (κ3) is 4.46. The van der Waals surface area contributed by atoms with Gasteiger partial charge in [0.2, 0.25) is 0 Å². The molecule has 2 N–H and O–H groups in total. The fraction of sp³-hybridized carbons (Fsp3) is 0.333. The van der Waals surface area contributed by atoms with Crippen LogP contribution in [-0.4, -0.2) is 42.5 Å². The summed E-state index contributed by atoms with van der Waals surface area (Å²) in [6.45, 7) is 2.75. The Morgan fingerprint density at radius 1 is 1.18 bits per heavy atom. The Morgan fingerprint density at radius 2 is 1.93 bits per heavy atom. The Bertz CT molecular complexity index is 877. The number of nitrogens with one attached hydrogen (secondary N) is 2. The van der Waals surface area contributed by atoms with Gasteiger partial charge in [-0.15, -0.1) is 0 Å². The lowest BCUT2D eigenvalue weighted by Gasteiger charge is -2.32. The summed E-state index contributed by atoms with van der Waals surface area (Å²) in [6.07, 6.45) is 1.83. The topological polar surface area (TPSA) is 70.7 Å². The SMILES string of the molecule is O=C1COc2cc(C(=O)NC3CCN(Cc4ccc(Cl)cc4)CC3)ccc2N1. The summed E-state index contributed by atoms with van der Waals surface area (Å²) in [6, 6.07) is 13.2. The van der Waals surface area contributed by atoms with Crippen LogP contribution < -0.4 is 15.4 Å². The van der Waals surface area contributed by atoms with Gasteiger partial charge >= 0.3 is 0 Å². The molecule has 2 aliphatic rings. The van der Waals surface area contributed by atoms with Crippen LogP contribution in [0.5, 0.6) is 5.75 Å². The van der Waals surface area contributed by atoms with E-state index in [0.717, 1.165) is 37.5 Å². The molecule has 28 heavy (non-hydrogen) atoms. The van der Waals surface area contributed by atoms with Crippen LogP contribution in [0.15, 0.2) is 42.5 Å². The lowest BCUT2D eigenvalue weighted by Crippen LogP contribution is -2.44. The van der Waals surface area contributed by atoms with Crippen molar-refractivity contribution < 1.29 is 14.3 Å². The van der Waals surface area contributed by atoms with Crippen molar-refractivity contribution in [3.63, 3.8) is 0 Å². The molecule has 2 aromatic carbocycles. The zero-order chi connectivity index (χ0) is 19.5. The first-order chi connectivity index (χ1) is 13.6. The van der Waals surface area contributed by atoms with Crippen LogP contribution in [0.1, 0.15) is 28.8 Å². The first-order valence-electron chi connectivity index (χ1n) is 9.41. The number of anilines is 1. The van der Waals surface area contributed by atoms with Gasteiger partial charge in [0.1, 0.15) is 5.75 Å². The maximum Gasteiger partial charge on any atom is 0.262 e. The number of likely N-dealkylation sites (tertiary alicyclic amines) is 1. The average molecular weight is 400 g/mol. The number of hydrogen-bond donors (Lipinski definition) is 2. The maximum atomic E-state index is 12.6. The van der Waals surface area contributed by atoms with Gasteiger partial charge in [0.25, 0.3) is 11.8 Å². The molecule has 2 aromatic rings. The minimum atomic E-state index is -0.185. The van der Waals surface area contributed by atoms with Gasteiger partial charge in [-0.05, 0) is 48.7 Å². The molecule has 0 saturated carbocycles. The van der Waals surface area contributed by atoms with Gasteiger partial charge in [0, 0.05) is 36.3 Å². The normalized spacial score (nSPS) is 17.4. The smallest absolute Gasteiger partial charge is 0.262 e. The number of carbonyl (C=O) groups excluding carboxylic acids is 2. The van der Waals surface area contributed by atoms with Gasteiger partial charge < -0.3 is 15.4 Å². The third-order valence-corrected chi connectivity index (χ3v) is 5.37. The van der Waals surface area contributed by atoms with Crippen molar-refractivity contribution in [2.45, 2.75) is 25.4 Å². The molecule has 0 aromatic heterocycles. The number of nitrogens with zero attached hydrogens (tertiary/aromatic N) is 1. The summed E-state index contributed by atoms with van der Waals surface area (Å²) in [7, 11) is 0. The summed E-state index contributed by atoms with van der Waals surface area (Å²) >= 11 is 5.94. The predicted molar refractivity (Wildman–Crippen MR) is 108 cm³/mol. The molecule has 4 rings (SSSR count). The van der Waals surface area contributed by atoms with Crippen molar-refractivity contribution in [2.75, 3.05) is 25.0 Å². The summed E-state index contributed by atoms with van der Waals surface area (Å²) in [5, 5.41) is 6.59. The minimum Gasteiger partial charge on any atom is -0.482 e. The number of ether oxygens (including phenoxy) is 1. The summed E-state index contributed by atoms with van der Waals surface area (Å²) < 4.78 is 5.39. The molecule has 0 aliphatic carbocycles. The fourth-order valence-corrected chi connectivity index (χ4v) is 3.69. The Morgan fingerprint density at radius 3 is 2.68 bits per heavy atom. The van der Waals surface area contributed by atoms with Crippen molar-refractivity contribution in [1.29, 1.82) is 0 Å². The van der Waals surface area contributed by atoms with E-state index in [9.17, 15) is 9.59 Å². The highest BCUT2D eigenvalue weighted by Crippen LogP contribution is 2.28. The maximum absolute atomic E-state index is 12.6.